The molecule has 0 aliphatic heterocycles. The van der Waals surface area contributed by atoms with Gasteiger partial charge in [-0.1, -0.05) is 0 Å². The Morgan fingerprint density at radius 3 is 3.06 bits per heavy atom. The van der Waals surface area contributed by atoms with E-state index < -0.39 is 0 Å². The Morgan fingerprint density at radius 2 is 2.22 bits per heavy atom. The smallest absolute Gasteiger partial charge is 0.272 e. The predicted octanol–water partition coefficient (Wildman–Crippen LogP) is 1.44. The van der Waals surface area contributed by atoms with Gasteiger partial charge in [-0.2, -0.15) is 5.10 Å². The molecule has 1 aliphatic carbocycles. The zero-order valence-electron chi connectivity index (χ0n) is 10.9. The Bertz CT molecular complexity index is 401. The summed E-state index contributed by atoms with van der Waals surface area (Å²) < 4.78 is 4.97. The van der Waals surface area contributed by atoms with E-state index in [4.69, 9.17) is 4.74 Å². The van der Waals surface area contributed by atoms with Crippen molar-refractivity contribution >= 4 is 5.91 Å². The van der Waals surface area contributed by atoms with Crippen molar-refractivity contribution in [2.75, 3.05) is 20.3 Å². The lowest BCUT2D eigenvalue weighted by Gasteiger charge is -2.11. The summed E-state index contributed by atoms with van der Waals surface area (Å²) in [7, 11) is 1.69. The van der Waals surface area contributed by atoms with E-state index >= 15 is 0 Å². The van der Waals surface area contributed by atoms with Crippen LogP contribution < -0.4 is 5.32 Å². The molecule has 0 saturated carbocycles. The fourth-order valence-electron chi connectivity index (χ4n) is 2.33. The molecule has 100 valence electrons. The highest BCUT2D eigenvalue weighted by Crippen LogP contribution is 2.21. The number of methoxy groups -OCH3 is 1. The number of nitrogens with one attached hydrogen (secondary N) is 2. The van der Waals surface area contributed by atoms with Crippen molar-refractivity contribution in [2.45, 2.75) is 38.5 Å². The number of H-pyrrole nitrogens is 1. The summed E-state index contributed by atoms with van der Waals surface area (Å²) in [5.74, 6) is -0.0492. The van der Waals surface area contributed by atoms with Crippen LogP contribution in [0.25, 0.3) is 0 Å². The Balaban J connectivity index is 1.83. The van der Waals surface area contributed by atoms with Crippen LogP contribution in [0.1, 0.15) is 47.4 Å². The number of fused-ring (bicyclic) bond motifs is 1. The van der Waals surface area contributed by atoms with E-state index in [9.17, 15) is 4.79 Å². The first kappa shape index (κ1) is 13.1. The zero-order valence-corrected chi connectivity index (χ0v) is 10.9. The van der Waals surface area contributed by atoms with Crippen LogP contribution in [0.5, 0.6) is 0 Å². The number of aromatic amines is 1. The molecule has 1 aliphatic rings. The van der Waals surface area contributed by atoms with Gasteiger partial charge in [-0.05, 0) is 38.5 Å². The van der Waals surface area contributed by atoms with Crippen LogP contribution in [0.3, 0.4) is 0 Å². The summed E-state index contributed by atoms with van der Waals surface area (Å²) in [5, 5.41) is 10.1. The normalized spacial score (nSPS) is 14.3. The summed E-state index contributed by atoms with van der Waals surface area (Å²) in [6.07, 6.45) is 6.23. The number of ether oxygens (including phenoxy) is 1. The second kappa shape index (κ2) is 6.54. The van der Waals surface area contributed by atoms with Gasteiger partial charge in [0.25, 0.3) is 5.91 Å². The van der Waals surface area contributed by atoms with Gasteiger partial charge in [-0.25, -0.2) is 0 Å². The van der Waals surface area contributed by atoms with Crippen LogP contribution >= 0.6 is 0 Å². The molecule has 5 heteroatoms. The van der Waals surface area contributed by atoms with Gasteiger partial charge in [0.05, 0.1) is 0 Å². The minimum absolute atomic E-state index is 0.0492. The molecular weight excluding hydrogens is 230 g/mol. The second-order valence-corrected chi connectivity index (χ2v) is 4.69. The van der Waals surface area contributed by atoms with Crippen LogP contribution in [0.2, 0.25) is 0 Å². The van der Waals surface area contributed by atoms with Gasteiger partial charge in [0.15, 0.2) is 5.69 Å². The highest BCUT2D eigenvalue weighted by molar-refractivity contribution is 5.94. The average Bonchev–Trinajstić information content (AvgIpc) is 2.82. The molecule has 2 rings (SSSR count). The summed E-state index contributed by atoms with van der Waals surface area (Å²) >= 11 is 0. The number of rotatable bonds is 6. The maximum absolute atomic E-state index is 12.0. The molecule has 2 N–H and O–H groups in total. The maximum atomic E-state index is 12.0. The largest absolute Gasteiger partial charge is 0.385 e. The highest BCUT2D eigenvalue weighted by atomic mass is 16.5. The third-order valence-electron chi connectivity index (χ3n) is 3.33. The lowest BCUT2D eigenvalue weighted by Crippen LogP contribution is -2.26. The molecule has 0 spiro atoms. The van der Waals surface area contributed by atoms with Gasteiger partial charge in [-0.3, -0.25) is 9.89 Å². The first-order chi connectivity index (χ1) is 8.83. The summed E-state index contributed by atoms with van der Waals surface area (Å²) in [6, 6.07) is 0. The standard InChI is InChI=1S/C13H21N3O2/c1-18-9-5-4-8-14-13(17)12-10-6-2-3-7-11(10)15-16-12/h2-9H2,1H3,(H,14,17)(H,15,16). The van der Waals surface area contributed by atoms with E-state index in [-0.39, 0.29) is 5.91 Å². The number of aromatic nitrogens is 2. The fourth-order valence-corrected chi connectivity index (χ4v) is 2.33. The number of unbranched alkanes of at least 4 members (excludes halogenated alkanes) is 1. The number of amides is 1. The van der Waals surface area contributed by atoms with Gasteiger partial charge < -0.3 is 10.1 Å². The SMILES string of the molecule is COCCCCNC(=O)c1n[nH]c2c1CCCC2. The predicted molar refractivity (Wildman–Crippen MR) is 68.7 cm³/mol. The molecule has 5 nitrogen and oxygen atoms in total. The minimum atomic E-state index is -0.0492. The Kier molecular flexibility index (Phi) is 4.75. The molecule has 0 fully saturated rings. The van der Waals surface area contributed by atoms with Gasteiger partial charge in [0.2, 0.25) is 0 Å². The fraction of sp³-hybridized carbons (Fsp3) is 0.692. The lowest BCUT2D eigenvalue weighted by atomic mass is 9.96. The first-order valence-electron chi connectivity index (χ1n) is 6.66. The molecule has 0 saturated heterocycles. The second-order valence-electron chi connectivity index (χ2n) is 4.69. The van der Waals surface area contributed by atoms with Crippen LogP contribution in [-0.4, -0.2) is 36.4 Å². The van der Waals surface area contributed by atoms with Gasteiger partial charge >= 0.3 is 0 Å². The molecule has 0 bridgehead atoms. The molecule has 1 aromatic rings. The molecule has 0 atom stereocenters. The van der Waals surface area contributed by atoms with E-state index in [2.05, 4.69) is 15.5 Å². The topological polar surface area (TPSA) is 67.0 Å². The minimum Gasteiger partial charge on any atom is -0.385 e. The lowest BCUT2D eigenvalue weighted by molar-refractivity contribution is 0.0945. The molecular formula is C13H21N3O2. The number of carbonyl (C=O) groups excluding carboxylic acids is 1. The summed E-state index contributed by atoms with van der Waals surface area (Å²) in [5.41, 5.74) is 2.86. The van der Waals surface area contributed by atoms with Gasteiger partial charge in [0, 0.05) is 31.5 Å². The van der Waals surface area contributed by atoms with Crippen LogP contribution in [-0.2, 0) is 17.6 Å². The summed E-state index contributed by atoms with van der Waals surface area (Å²) in [6.45, 7) is 1.43. The van der Waals surface area contributed by atoms with Gasteiger partial charge in [-0.15, -0.1) is 0 Å². The van der Waals surface area contributed by atoms with Crippen molar-refractivity contribution in [3.05, 3.63) is 17.0 Å². The molecule has 0 aromatic carbocycles. The van der Waals surface area contributed by atoms with Crippen molar-refractivity contribution in [2.24, 2.45) is 0 Å². The van der Waals surface area contributed by atoms with Crippen molar-refractivity contribution < 1.29 is 9.53 Å². The monoisotopic (exact) mass is 251 g/mol. The Labute approximate surface area is 107 Å². The van der Waals surface area contributed by atoms with E-state index in [0.29, 0.717) is 12.2 Å². The highest BCUT2D eigenvalue weighted by Gasteiger charge is 2.21. The third-order valence-corrected chi connectivity index (χ3v) is 3.33. The zero-order chi connectivity index (χ0) is 12.8. The van der Waals surface area contributed by atoms with E-state index in [1.165, 1.54) is 6.42 Å². The quantitative estimate of drug-likeness (QED) is 0.752. The number of carbonyl (C=O) groups is 1. The molecule has 1 heterocycles. The van der Waals surface area contributed by atoms with Crippen molar-refractivity contribution in [3.63, 3.8) is 0 Å². The van der Waals surface area contributed by atoms with Crippen LogP contribution in [0.4, 0.5) is 0 Å². The molecule has 1 amide bonds. The number of hydrogen-bond donors (Lipinski definition) is 2. The van der Waals surface area contributed by atoms with E-state index in [0.717, 1.165) is 50.0 Å². The van der Waals surface area contributed by atoms with Crippen LogP contribution in [0, 0.1) is 0 Å². The Morgan fingerprint density at radius 1 is 1.39 bits per heavy atom. The number of nitrogens with zero attached hydrogens (tertiary/aromatic N) is 1. The van der Waals surface area contributed by atoms with Crippen molar-refractivity contribution in [1.82, 2.24) is 15.5 Å². The molecule has 0 radical (unpaired) electrons. The van der Waals surface area contributed by atoms with E-state index in [1.54, 1.807) is 7.11 Å². The van der Waals surface area contributed by atoms with Crippen molar-refractivity contribution in [1.29, 1.82) is 0 Å². The maximum Gasteiger partial charge on any atom is 0.272 e. The Hall–Kier alpha value is -1.36. The van der Waals surface area contributed by atoms with Gasteiger partial charge in [0.1, 0.15) is 0 Å². The molecule has 18 heavy (non-hydrogen) atoms. The molecule has 0 unspecified atom stereocenters. The molecule has 1 aromatic heterocycles. The van der Waals surface area contributed by atoms with Crippen LogP contribution in [0.15, 0.2) is 0 Å². The van der Waals surface area contributed by atoms with Crippen molar-refractivity contribution in [3.8, 4) is 0 Å². The third kappa shape index (κ3) is 3.10. The number of hydrogen-bond acceptors (Lipinski definition) is 3. The van der Waals surface area contributed by atoms with E-state index in [1.807, 2.05) is 0 Å². The summed E-state index contributed by atoms with van der Waals surface area (Å²) in [4.78, 5) is 12.0. The number of aryl methyl sites for hydroxylation is 1. The average molecular weight is 251 g/mol. The first-order valence-corrected chi connectivity index (χ1v) is 6.66.